The molecule has 0 saturated heterocycles. The van der Waals surface area contributed by atoms with Crippen LogP contribution in [0, 0.1) is 54.2 Å². The van der Waals surface area contributed by atoms with Crippen molar-refractivity contribution in [1.82, 2.24) is 0 Å². The van der Waals surface area contributed by atoms with E-state index in [0.29, 0.717) is 4.90 Å². The Morgan fingerprint density at radius 3 is 2.41 bits per heavy atom. The fourth-order valence-electron chi connectivity index (χ4n) is 0.915. The minimum absolute atomic E-state index is 0. The van der Waals surface area contributed by atoms with E-state index < -0.39 is 16.9 Å². The number of thioether (sulfide) groups is 1. The summed E-state index contributed by atoms with van der Waals surface area (Å²) in [5, 5.41) is 18.8. The Morgan fingerprint density at radius 2 is 2.00 bits per heavy atom. The molecule has 8 heteroatoms. The number of hydrogen-bond donors (Lipinski definition) is 1. The van der Waals surface area contributed by atoms with Crippen molar-refractivity contribution in [1.29, 1.82) is 0 Å². The summed E-state index contributed by atoms with van der Waals surface area (Å²) in [4.78, 5) is 20.9. The monoisotopic (exact) mass is 468 g/mol. The van der Waals surface area contributed by atoms with Crippen molar-refractivity contribution in [3.8, 4) is 0 Å². The van der Waals surface area contributed by atoms with Gasteiger partial charge >= 0.3 is 0 Å². The van der Waals surface area contributed by atoms with Crippen LogP contribution in [0.25, 0.3) is 5.73 Å². The maximum atomic E-state index is 10.4. The van der Waals surface area contributed by atoms with E-state index in [1.807, 2.05) is 0 Å². The Labute approximate surface area is 138 Å². The van der Waals surface area contributed by atoms with Gasteiger partial charge in [0.1, 0.15) is 0 Å². The summed E-state index contributed by atoms with van der Waals surface area (Å²) in [5.41, 5.74) is 7.15. The number of nitrogens with zero attached hydrogens (tertiary/aromatic N) is 1. The predicted octanol–water partition coefficient (Wildman–Crippen LogP) is 2.19. The summed E-state index contributed by atoms with van der Waals surface area (Å²) >= 11 is 1.19. The molecule has 1 atom stereocenters. The molecule has 0 aromatic heterocycles. The Balaban J connectivity index is 0.00000256. The van der Waals surface area contributed by atoms with E-state index in [4.69, 9.17) is 10.8 Å². The van der Waals surface area contributed by atoms with E-state index in [1.54, 1.807) is 0 Å². The van der Waals surface area contributed by atoms with Crippen LogP contribution in [-0.4, -0.2) is 27.8 Å². The smallest absolute Gasteiger partial charge is 0.286 e. The minimum Gasteiger partial charge on any atom is -0.665 e. The number of carboxylic acids is 1. The average molecular weight is 468 g/mol. The molecule has 0 fully saturated rings. The standard InChI is InChI=1S/C9H9N2O4S.Ac/c10-8(9(12)13)5-16-7-3-1-6(2-4-7)11(14)15;/h1-4,8,10H,5H2,(H,12,13);/q-1;/t8-;/m0./s1. The molecule has 1 rings (SSSR count). The van der Waals surface area contributed by atoms with Gasteiger partial charge in [-0.2, -0.15) is 0 Å². The molecule has 0 heterocycles. The van der Waals surface area contributed by atoms with Gasteiger partial charge in [-0.15, -0.1) is 11.8 Å². The van der Waals surface area contributed by atoms with Crippen molar-refractivity contribution in [2.24, 2.45) is 0 Å². The Hall–Kier alpha value is -0.158. The fourth-order valence-corrected chi connectivity index (χ4v) is 1.75. The van der Waals surface area contributed by atoms with Crippen molar-refractivity contribution in [3.05, 3.63) is 40.1 Å². The molecule has 0 aliphatic heterocycles. The first-order valence-corrected chi connectivity index (χ1v) is 5.30. The molecule has 0 aliphatic rings. The zero-order chi connectivity index (χ0) is 12.1. The number of nitro benzene ring substituents is 1. The van der Waals surface area contributed by atoms with Gasteiger partial charge in [0.25, 0.3) is 11.7 Å². The van der Waals surface area contributed by atoms with Crippen molar-refractivity contribution >= 4 is 23.4 Å². The van der Waals surface area contributed by atoms with E-state index in [1.165, 1.54) is 36.0 Å². The van der Waals surface area contributed by atoms with Gasteiger partial charge in [-0.3, -0.25) is 14.9 Å². The van der Waals surface area contributed by atoms with E-state index in [0.717, 1.165) is 0 Å². The molecule has 6 nitrogen and oxygen atoms in total. The van der Waals surface area contributed by atoms with Crippen LogP contribution in [0.5, 0.6) is 0 Å². The number of carbonyl (C=O) groups is 1. The van der Waals surface area contributed by atoms with Crippen molar-refractivity contribution in [2.45, 2.75) is 10.9 Å². The molecule has 17 heavy (non-hydrogen) atoms. The van der Waals surface area contributed by atoms with Gasteiger partial charge in [-0.1, -0.05) is 0 Å². The molecule has 89 valence electrons. The second-order valence-corrected chi connectivity index (χ2v) is 4.05. The van der Waals surface area contributed by atoms with Crippen LogP contribution < -0.4 is 0 Å². The zero-order valence-corrected chi connectivity index (χ0v) is 14.3. The van der Waals surface area contributed by atoms with Crippen LogP contribution >= 0.6 is 11.8 Å². The van der Waals surface area contributed by atoms with E-state index >= 15 is 0 Å². The summed E-state index contributed by atoms with van der Waals surface area (Å²) < 4.78 is 0. The van der Waals surface area contributed by atoms with E-state index in [2.05, 4.69) is 0 Å². The number of benzene rings is 1. The maximum absolute atomic E-state index is 10.4. The topological polar surface area (TPSA) is 104 Å². The minimum atomic E-state index is -1.18. The molecule has 0 unspecified atom stereocenters. The third kappa shape index (κ3) is 5.82. The van der Waals surface area contributed by atoms with Crippen LogP contribution in [0.3, 0.4) is 0 Å². The maximum Gasteiger partial charge on any atom is 0.286 e. The number of rotatable bonds is 5. The van der Waals surface area contributed by atoms with Gasteiger partial charge in [0.15, 0.2) is 0 Å². The fraction of sp³-hybridized carbons (Fsp3) is 0.222. The predicted molar refractivity (Wildman–Crippen MR) is 59.6 cm³/mol. The number of nitrogens with one attached hydrogen (secondary N) is 1. The van der Waals surface area contributed by atoms with Crippen LogP contribution in [0.1, 0.15) is 0 Å². The number of non-ortho nitro benzene ring substituents is 1. The Morgan fingerprint density at radius 1 is 1.47 bits per heavy atom. The molecule has 1 aromatic carbocycles. The summed E-state index contributed by atoms with van der Waals surface area (Å²) in [6.45, 7) is 0. The second kappa shape index (κ2) is 8.03. The number of nitro groups is 1. The summed E-state index contributed by atoms with van der Waals surface area (Å²) in [6, 6.07) is 4.60. The van der Waals surface area contributed by atoms with Crippen LogP contribution in [0.4, 0.5) is 5.69 Å². The van der Waals surface area contributed by atoms with Crippen LogP contribution in [0.15, 0.2) is 29.2 Å². The Bertz CT molecular complexity index is 398. The molecule has 0 amide bonds. The molecular formula is C9H9AcN2O4S-. The van der Waals surface area contributed by atoms with Crippen LogP contribution in [0.2, 0.25) is 0 Å². The van der Waals surface area contributed by atoms with Gasteiger partial charge in [0.2, 0.25) is 0 Å². The first-order valence-electron chi connectivity index (χ1n) is 4.32. The normalized spacial score (nSPS) is 11.4. The largest absolute Gasteiger partial charge is 0.665 e. The zero-order valence-electron chi connectivity index (χ0n) is 8.70. The van der Waals surface area contributed by atoms with Crippen molar-refractivity contribution < 1.29 is 58.9 Å². The first kappa shape index (κ1) is 16.8. The van der Waals surface area contributed by atoms with Gasteiger partial charge < -0.3 is 10.8 Å². The third-order valence-electron chi connectivity index (χ3n) is 1.76. The molecule has 0 spiro atoms. The van der Waals surface area contributed by atoms with Gasteiger partial charge in [-0.25, -0.2) is 0 Å². The van der Waals surface area contributed by atoms with Crippen LogP contribution in [-0.2, 0) is 4.79 Å². The third-order valence-corrected chi connectivity index (χ3v) is 2.87. The molecule has 0 bridgehead atoms. The molecule has 2 N–H and O–H groups in total. The van der Waals surface area contributed by atoms with Gasteiger partial charge in [0.05, 0.1) is 4.92 Å². The Kier molecular flexibility index (Phi) is 7.96. The molecule has 0 saturated carbocycles. The summed E-state index contributed by atoms with van der Waals surface area (Å²) in [5.74, 6) is -1.05. The summed E-state index contributed by atoms with van der Waals surface area (Å²) in [6.07, 6.45) is 0. The van der Waals surface area contributed by atoms with E-state index in [-0.39, 0.29) is 55.5 Å². The number of aliphatic carboxylic acids is 1. The SMILES string of the molecule is [Ac].[NH-][C@@H](CSc1ccc([N+](=O)[O-])cc1)C(=O)O. The number of hydrogen-bond acceptors (Lipinski definition) is 4. The van der Waals surface area contributed by atoms with Gasteiger partial charge in [-0.05, 0) is 23.9 Å². The molecular weight excluding hydrogens is 459 g/mol. The molecule has 0 aliphatic carbocycles. The quantitative estimate of drug-likeness (QED) is 0.406. The molecule has 1 aromatic rings. The average Bonchev–Trinajstić information content (AvgIpc) is 2.26. The number of carboxylic acid groups (broad SMARTS) is 1. The second-order valence-electron chi connectivity index (χ2n) is 2.95. The summed E-state index contributed by atoms with van der Waals surface area (Å²) in [7, 11) is 0. The van der Waals surface area contributed by atoms with Crippen molar-refractivity contribution in [2.75, 3.05) is 5.75 Å². The molecule has 1 radical (unpaired) electrons. The van der Waals surface area contributed by atoms with Gasteiger partial charge in [0, 0.05) is 61.1 Å². The van der Waals surface area contributed by atoms with Crippen molar-refractivity contribution in [3.63, 3.8) is 0 Å². The van der Waals surface area contributed by atoms with E-state index in [9.17, 15) is 14.9 Å². The first-order chi connectivity index (χ1) is 7.50.